The minimum Gasteiger partial charge on any atom is -0.317 e. The summed E-state index contributed by atoms with van der Waals surface area (Å²) in [6.07, 6.45) is 5.77. The molecule has 98 valence electrons. The molecule has 0 aromatic carbocycles. The molecule has 2 fully saturated rings. The van der Waals surface area contributed by atoms with Gasteiger partial charge in [-0.2, -0.15) is 0 Å². The Morgan fingerprint density at radius 1 is 0.938 bits per heavy atom. The molecule has 0 aromatic heterocycles. The van der Waals surface area contributed by atoms with Gasteiger partial charge in [0.25, 0.3) is 0 Å². The first kappa shape index (κ1) is 16.5. The van der Waals surface area contributed by atoms with Gasteiger partial charge in [0.1, 0.15) is 0 Å². The highest BCUT2D eigenvalue weighted by molar-refractivity contribution is 5.85. The topological polar surface area (TPSA) is 15.3 Å². The third kappa shape index (κ3) is 4.40. The van der Waals surface area contributed by atoms with Gasteiger partial charge in [-0.3, -0.25) is 0 Å². The Hall–Kier alpha value is 0.500. The summed E-state index contributed by atoms with van der Waals surface area (Å²) in [5, 5.41) is 3.46. The summed E-state index contributed by atoms with van der Waals surface area (Å²) in [5.41, 5.74) is 0. The van der Waals surface area contributed by atoms with Gasteiger partial charge in [-0.25, -0.2) is 0 Å². The monoisotopic (exact) mass is 268 g/mol. The van der Waals surface area contributed by atoms with E-state index in [1.807, 2.05) is 0 Å². The second kappa shape index (κ2) is 8.57. The fourth-order valence-corrected chi connectivity index (χ4v) is 3.06. The quantitative estimate of drug-likeness (QED) is 0.829. The Bertz CT molecular complexity index is 164. The zero-order valence-electron chi connectivity index (χ0n) is 10.3. The van der Waals surface area contributed by atoms with E-state index in [-0.39, 0.29) is 24.8 Å². The van der Waals surface area contributed by atoms with Crippen LogP contribution in [0, 0.1) is 11.8 Å². The van der Waals surface area contributed by atoms with Crippen molar-refractivity contribution in [2.24, 2.45) is 11.8 Å². The third-order valence-electron chi connectivity index (χ3n) is 4.13. The SMILES string of the molecule is CCN1CCC(C2CCNCC2)CC1.Cl.Cl. The summed E-state index contributed by atoms with van der Waals surface area (Å²) in [7, 11) is 0. The van der Waals surface area contributed by atoms with Crippen LogP contribution in [-0.4, -0.2) is 37.6 Å². The largest absolute Gasteiger partial charge is 0.317 e. The van der Waals surface area contributed by atoms with Crippen LogP contribution in [0.2, 0.25) is 0 Å². The van der Waals surface area contributed by atoms with Gasteiger partial charge in [0.15, 0.2) is 0 Å². The van der Waals surface area contributed by atoms with Gasteiger partial charge in [-0.15, -0.1) is 24.8 Å². The first-order valence-electron chi connectivity index (χ1n) is 6.33. The van der Waals surface area contributed by atoms with Crippen molar-refractivity contribution in [2.75, 3.05) is 32.7 Å². The molecule has 0 saturated carbocycles. The molecule has 2 heterocycles. The zero-order chi connectivity index (χ0) is 9.80. The van der Waals surface area contributed by atoms with Crippen LogP contribution in [0.3, 0.4) is 0 Å². The summed E-state index contributed by atoms with van der Waals surface area (Å²) in [5.74, 6) is 2.08. The number of likely N-dealkylation sites (tertiary alicyclic amines) is 1. The van der Waals surface area contributed by atoms with E-state index in [4.69, 9.17) is 0 Å². The molecular weight excluding hydrogens is 243 g/mol. The predicted octanol–water partition coefficient (Wildman–Crippen LogP) is 2.56. The molecule has 2 saturated heterocycles. The van der Waals surface area contributed by atoms with Crippen LogP contribution < -0.4 is 5.32 Å². The predicted molar refractivity (Wildman–Crippen MR) is 74.9 cm³/mol. The normalized spacial score (nSPS) is 24.6. The van der Waals surface area contributed by atoms with Crippen LogP contribution in [0.25, 0.3) is 0 Å². The lowest BCUT2D eigenvalue weighted by Crippen LogP contribution is -2.39. The molecule has 4 heteroatoms. The maximum absolute atomic E-state index is 3.46. The molecular formula is C12H26Cl2N2. The molecule has 16 heavy (non-hydrogen) atoms. The van der Waals surface area contributed by atoms with E-state index >= 15 is 0 Å². The molecule has 2 rings (SSSR count). The molecule has 1 N–H and O–H groups in total. The minimum absolute atomic E-state index is 0. The van der Waals surface area contributed by atoms with Crippen LogP contribution in [0.1, 0.15) is 32.6 Å². The molecule has 2 aliphatic heterocycles. The Labute approximate surface area is 112 Å². The summed E-state index contributed by atoms with van der Waals surface area (Å²) in [4.78, 5) is 2.59. The van der Waals surface area contributed by atoms with Gasteiger partial charge in [-0.05, 0) is 70.2 Å². The summed E-state index contributed by atoms with van der Waals surface area (Å²) >= 11 is 0. The molecule has 0 unspecified atom stereocenters. The van der Waals surface area contributed by atoms with E-state index in [1.54, 1.807) is 0 Å². The average molecular weight is 269 g/mol. The average Bonchev–Trinajstić information content (AvgIpc) is 2.30. The molecule has 0 radical (unpaired) electrons. The lowest BCUT2D eigenvalue weighted by Gasteiger charge is -2.37. The fraction of sp³-hybridized carbons (Fsp3) is 1.00. The molecule has 0 spiro atoms. The molecule has 2 aliphatic rings. The molecule has 0 aliphatic carbocycles. The van der Waals surface area contributed by atoms with E-state index in [9.17, 15) is 0 Å². The molecule has 0 bridgehead atoms. The Balaban J connectivity index is 0.00000112. The van der Waals surface area contributed by atoms with E-state index in [0.29, 0.717) is 0 Å². The van der Waals surface area contributed by atoms with Gasteiger partial charge in [-0.1, -0.05) is 6.92 Å². The lowest BCUT2D eigenvalue weighted by atomic mass is 9.79. The van der Waals surface area contributed by atoms with E-state index < -0.39 is 0 Å². The van der Waals surface area contributed by atoms with Crippen LogP contribution in [0.4, 0.5) is 0 Å². The third-order valence-corrected chi connectivity index (χ3v) is 4.13. The standard InChI is InChI=1S/C12H24N2.2ClH/c1-2-14-9-5-12(6-10-14)11-3-7-13-8-4-11;;/h11-13H,2-10H2,1H3;2*1H. The summed E-state index contributed by atoms with van der Waals surface area (Å²) in [6, 6.07) is 0. The van der Waals surface area contributed by atoms with E-state index in [0.717, 1.165) is 11.8 Å². The Morgan fingerprint density at radius 2 is 1.44 bits per heavy atom. The van der Waals surface area contributed by atoms with Crippen molar-refractivity contribution in [3.8, 4) is 0 Å². The van der Waals surface area contributed by atoms with Crippen molar-refractivity contribution in [2.45, 2.75) is 32.6 Å². The highest BCUT2D eigenvalue weighted by atomic mass is 35.5. The number of rotatable bonds is 2. The lowest BCUT2D eigenvalue weighted by molar-refractivity contribution is 0.135. The minimum atomic E-state index is 0. The smallest absolute Gasteiger partial charge is 0.00161 e. The van der Waals surface area contributed by atoms with Crippen molar-refractivity contribution in [3.63, 3.8) is 0 Å². The Morgan fingerprint density at radius 3 is 1.94 bits per heavy atom. The van der Waals surface area contributed by atoms with Crippen LogP contribution in [0.5, 0.6) is 0 Å². The molecule has 0 aromatic rings. The first-order chi connectivity index (χ1) is 6.90. The highest BCUT2D eigenvalue weighted by Gasteiger charge is 2.26. The molecule has 2 nitrogen and oxygen atoms in total. The van der Waals surface area contributed by atoms with Crippen LogP contribution >= 0.6 is 24.8 Å². The summed E-state index contributed by atoms with van der Waals surface area (Å²) < 4.78 is 0. The number of halogens is 2. The fourth-order valence-electron chi connectivity index (χ4n) is 3.06. The maximum atomic E-state index is 3.46. The summed E-state index contributed by atoms with van der Waals surface area (Å²) in [6.45, 7) is 8.76. The van der Waals surface area contributed by atoms with E-state index in [1.165, 1.54) is 58.4 Å². The zero-order valence-corrected chi connectivity index (χ0v) is 11.9. The van der Waals surface area contributed by atoms with Crippen molar-refractivity contribution in [3.05, 3.63) is 0 Å². The number of nitrogens with one attached hydrogen (secondary N) is 1. The first-order valence-corrected chi connectivity index (χ1v) is 6.33. The van der Waals surface area contributed by atoms with Crippen LogP contribution in [0.15, 0.2) is 0 Å². The number of nitrogens with zero attached hydrogens (tertiary/aromatic N) is 1. The van der Waals surface area contributed by atoms with Crippen molar-refractivity contribution >= 4 is 24.8 Å². The molecule has 0 amide bonds. The van der Waals surface area contributed by atoms with Crippen molar-refractivity contribution in [1.82, 2.24) is 10.2 Å². The number of piperidine rings is 2. The number of hydrogen-bond acceptors (Lipinski definition) is 2. The van der Waals surface area contributed by atoms with Crippen LogP contribution in [-0.2, 0) is 0 Å². The van der Waals surface area contributed by atoms with Gasteiger partial charge in [0.05, 0.1) is 0 Å². The van der Waals surface area contributed by atoms with Crippen molar-refractivity contribution in [1.29, 1.82) is 0 Å². The van der Waals surface area contributed by atoms with Gasteiger partial charge in [0, 0.05) is 0 Å². The van der Waals surface area contributed by atoms with Gasteiger partial charge in [0.2, 0.25) is 0 Å². The maximum Gasteiger partial charge on any atom is -0.00161 e. The van der Waals surface area contributed by atoms with Crippen molar-refractivity contribution < 1.29 is 0 Å². The van der Waals surface area contributed by atoms with E-state index in [2.05, 4.69) is 17.1 Å². The Kier molecular flexibility index (Phi) is 8.84. The van der Waals surface area contributed by atoms with Gasteiger partial charge >= 0.3 is 0 Å². The second-order valence-corrected chi connectivity index (χ2v) is 4.86. The second-order valence-electron chi connectivity index (χ2n) is 4.86. The molecule has 0 atom stereocenters. The highest BCUT2D eigenvalue weighted by Crippen LogP contribution is 2.30. The van der Waals surface area contributed by atoms with Gasteiger partial charge < -0.3 is 10.2 Å². The number of hydrogen-bond donors (Lipinski definition) is 1.